The molecule has 0 aliphatic carbocycles. The zero-order chi connectivity index (χ0) is 20.3. The fourth-order valence-electron chi connectivity index (χ4n) is 3.52. The minimum absolute atomic E-state index is 0.0621. The number of hydrogen-bond donors (Lipinski definition) is 1. The van der Waals surface area contributed by atoms with Crippen LogP contribution in [-0.2, 0) is 20.6 Å². The molecular formula is C21H25FN2O3S. The van der Waals surface area contributed by atoms with E-state index in [1.807, 2.05) is 32.0 Å². The predicted molar refractivity (Wildman–Crippen MR) is 108 cm³/mol. The molecule has 0 spiro atoms. The fourth-order valence-corrected chi connectivity index (χ4v) is 5.08. The van der Waals surface area contributed by atoms with Gasteiger partial charge in [-0.25, -0.2) is 17.1 Å². The normalized spacial score (nSPS) is 16.1. The van der Waals surface area contributed by atoms with Crippen LogP contribution < -0.4 is 5.32 Å². The number of carbonyl (C=O) groups is 1. The van der Waals surface area contributed by atoms with Crippen molar-refractivity contribution in [2.45, 2.75) is 32.4 Å². The number of sulfonamides is 1. The van der Waals surface area contributed by atoms with E-state index in [2.05, 4.69) is 5.32 Å². The minimum Gasteiger partial charge on any atom is -0.325 e. The van der Waals surface area contributed by atoms with Crippen LogP contribution >= 0.6 is 0 Å². The van der Waals surface area contributed by atoms with Gasteiger partial charge in [-0.3, -0.25) is 4.79 Å². The third-order valence-corrected chi connectivity index (χ3v) is 7.06. The van der Waals surface area contributed by atoms with E-state index < -0.39 is 15.8 Å². The molecule has 0 saturated carbocycles. The summed E-state index contributed by atoms with van der Waals surface area (Å²) in [6, 6.07) is 11.3. The van der Waals surface area contributed by atoms with Crippen molar-refractivity contribution in [1.29, 1.82) is 0 Å². The molecule has 0 unspecified atom stereocenters. The molecule has 1 amide bonds. The monoisotopic (exact) mass is 404 g/mol. The summed E-state index contributed by atoms with van der Waals surface area (Å²) in [7, 11) is -3.49. The molecule has 7 heteroatoms. The van der Waals surface area contributed by atoms with Gasteiger partial charge in [0.25, 0.3) is 0 Å². The lowest BCUT2D eigenvalue weighted by Crippen LogP contribution is -2.42. The van der Waals surface area contributed by atoms with E-state index in [0.717, 1.165) is 16.8 Å². The molecule has 1 saturated heterocycles. The first-order chi connectivity index (χ1) is 13.3. The molecule has 0 bridgehead atoms. The van der Waals surface area contributed by atoms with Gasteiger partial charge in [-0.1, -0.05) is 30.3 Å². The van der Waals surface area contributed by atoms with Gasteiger partial charge >= 0.3 is 0 Å². The lowest BCUT2D eigenvalue weighted by atomic mass is 9.96. The Hall–Kier alpha value is -2.25. The average Bonchev–Trinajstić information content (AvgIpc) is 2.66. The number of amides is 1. The van der Waals surface area contributed by atoms with E-state index in [-0.39, 0.29) is 17.6 Å². The van der Waals surface area contributed by atoms with Crippen LogP contribution in [0.15, 0.2) is 42.5 Å². The molecule has 5 nitrogen and oxygen atoms in total. The number of para-hydroxylation sites is 1. The first kappa shape index (κ1) is 20.5. The van der Waals surface area contributed by atoms with Crippen LogP contribution in [0.2, 0.25) is 0 Å². The first-order valence-electron chi connectivity index (χ1n) is 9.35. The van der Waals surface area contributed by atoms with Crippen LogP contribution in [-0.4, -0.2) is 31.7 Å². The van der Waals surface area contributed by atoms with Gasteiger partial charge in [0.1, 0.15) is 5.82 Å². The van der Waals surface area contributed by atoms with Gasteiger partial charge in [-0.15, -0.1) is 0 Å². The second-order valence-electron chi connectivity index (χ2n) is 7.31. The Balaban J connectivity index is 1.59. The molecule has 150 valence electrons. The Kier molecular flexibility index (Phi) is 6.15. The summed E-state index contributed by atoms with van der Waals surface area (Å²) in [6.45, 7) is 4.53. The Labute approximate surface area is 165 Å². The molecule has 3 rings (SSSR count). The van der Waals surface area contributed by atoms with Gasteiger partial charge in [-0.2, -0.15) is 0 Å². The van der Waals surface area contributed by atoms with E-state index >= 15 is 0 Å². The zero-order valence-corrected chi connectivity index (χ0v) is 16.9. The van der Waals surface area contributed by atoms with Crippen molar-refractivity contribution < 1.29 is 17.6 Å². The molecule has 1 heterocycles. The van der Waals surface area contributed by atoms with Gasteiger partial charge in [0.2, 0.25) is 15.9 Å². The summed E-state index contributed by atoms with van der Waals surface area (Å²) >= 11 is 0. The van der Waals surface area contributed by atoms with Crippen molar-refractivity contribution in [1.82, 2.24) is 4.31 Å². The highest BCUT2D eigenvalue weighted by Crippen LogP contribution is 2.25. The molecule has 28 heavy (non-hydrogen) atoms. The highest BCUT2D eigenvalue weighted by Gasteiger charge is 2.31. The largest absolute Gasteiger partial charge is 0.325 e. The van der Waals surface area contributed by atoms with Crippen molar-refractivity contribution in [2.75, 3.05) is 18.4 Å². The van der Waals surface area contributed by atoms with Gasteiger partial charge < -0.3 is 5.32 Å². The number of nitrogens with zero attached hydrogens (tertiary/aromatic N) is 1. The summed E-state index contributed by atoms with van der Waals surface area (Å²) in [5.41, 5.74) is 3.40. The maximum Gasteiger partial charge on any atom is 0.227 e. The number of carbonyl (C=O) groups excluding carboxylic acids is 1. The number of hydrogen-bond acceptors (Lipinski definition) is 3. The Morgan fingerprint density at radius 2 is 1.64 bits per heavy atom. The molecule has 0 aromatic heterocycles. The standard InChI is InChI=1S/C21H25FN2O3S/c1-15-4-3-5-16(2)20(15)23-21(25)18-10-12-24(13-11-18)28(26,27)14-17-6-8-19(22)9-7-17/h3-9,18H,10-14H2,1-2H3,(H,23,25). The average molecular weight is 405 g/mol. The molecule has 1 fully saturated rings. The zero-order valence-electron chi connectivity index (χ0n) is 16.1. The molecule has 2 aromatic carbocycles. The lowest BCUT2D eigenvalue weighted by Gasteiger charge is -2.30. The van der Waals surface area contributed by atoms with Crippen LogP contribution in [0.1, 0.15) is 29.5 Å². The number of anilines is 1. The number of aryl methyl sites for hydroxylation is 2. The molecule has 0 radical (unpaired) electrons. The lowest BCUT2D eigenvalue weighted by molar-refractivity contribution is -0.120. The third kappa shape index (κ3) is 4.77. The number of nitrogens with one attached hydrogen (secondary N) is 1. The number of rotatable bonds is 5. The first-order valence-corrected chi connectivity index (χ1v) is 11.0. The van der Waals surface area contributed by atoms with E-state index in [9.17, 15) is 17.6 Å². The number of piperidine rings is 1. The third-order valence-electron chi connectivity index (χ3n) is 5.21. The second-order valence-corrected chi connectivity index (χ2v) is 9.28. The van der Waals surface area contributed by atoms with Crippen molar-refractivity contribution in [3.05, 3.63) is 65.0 Å². The number of halogens is 1. The Bertz CT molecular complexity index is 930. The predicted octanol–water partition coefficient (Wildman–Crippen LogP) is 3.62. The summed E-state index contributed by atoms with van der Waals surface area (Å²) in [4.78, 5) is 12.6. The summed E-state index contributed by atoms with van der Waals surface area (Å²) < 4.78 is 39.7. The summed E-state index contributed by atoms with van der Waals surface area (Å²) in [5.74, 6) is -0.826. The van der Waals surface area contributed by atoms with E-state index in [4.69, 9.17) is 0 Å². The van der Waals surface area contributed by atoms with Crippen LogP contribution in [0.5, 0.6) is 0 Å². The number of benzene rings is 2. The van der Waals surface area contributed by atoms with Gasteiger partial charge in [0.05, 0.1) is 5.75 Å². The van der Waals surface area contributed by atoms with Crippen molar-refractivity contribution in [3.8, 4) is 0 Å². The van der Waals surface area contributed by atoms with Crippen molar-refractivity contribution in [3.63, 3.8) is 0 Å². The second kappa shape index (κ2) is 8.41. The highest BCUT2D eigenvalue weighted by atomic mass is 32.2. The van der Waals surface area contributed by atoms with Gasteiger partial charge in [0, 0.05) is 24.7 Å². The molecule has 1 aliphatic heterocycles. The maximum absolute atomic E-state index is 13.0. The highest BCUT2D eigenvalue weighted by molar-refractivity contribution is 7.88. The maximum atomic E-state index is 13.0. The van der Waals surface area contributed by atoms with Crippen LogP contribution in [0, 0.1) is 25.6 Å². The van der Waals surface area contributed by atoms with E-state index in [1.165, 1.54) is 28.6 Å². The Morgan fingerprint density at radius 3 is 2.21 bits per heavy atom. The topological polar surface area (TPSA) is 66.5 Å². The van der Waals surface area contributed by atoms with Crippen LogP contribution in [0.3, 0.4) is 0 Å². The Morgan fingerprint density at radius 1 is 1.07 bits per heavy atom. The molecule has 2 aromatic rings. The van der Waals surface area contributed by atoms with Crippen molar-refractivity contribution >= 4 is 21.6 Å². The molecule has 0 atom stereocenters. The van der Waals surface area contributed by atoms with Crippen LogP contribution in [0.4, 0.5) is 10.1 Å². The molecule has 1 aliphatic rings. The summed E-state index contributed by atoms with van der Waals surface area (Å²) in [5, 5.41) is 3.00. The quantitative estimate of drug-likeness (QED) is 0.828. The van der Waals surface area contributed by atoms with Gasteiger partial charge in [-0.05, 0) is 55.5 Å². The summed E-state index contributed by atoms with van der Waals surface area (Å²) in [6.07, 6.45) is 0.971. The minimum atomic E-state index is -3.49. The molecular weight excluding hydrogens is 379 g/mol. The smallest absolute Gasteiger partial charge is 0.227 e. The van der Waals surface area contributed by atoms with E-state index in [1.54, 1.807) is 0 Å². The van der Waals surface area contributed by atoms with Crippen LogP contribution in [0.25, 0.3) is 0 Å². The van der Waals surface area contributed by atoms with E-state index in [0.29, 0.717) is 31.5 Å². The fraction of sp³-hybridized carbons (Fsp3) is 0.381. The molecule has 1 N–H and O–H groups in total. The van der Waals surface area contributed by atoms with Gasteiger partial charge in [0.15, 0.2) is 0 Å². The van der Waals surface area contributed by atoms with Crippen molar-refractivity contribution in [2.24, 2.45) is 5.92 Å². The SMILES string of the molecule is Cc1cccc(C)c1NC(=O)C1CCN(S(=O)(=O)Cc2ccc(F)cc2)CC1.